The molecule has 1 aromatic heterocycles. The number of nitrogens with one attached hydrogen (secondary N) is 1. The van der Waals surface area contributed by atoms with Gasteiger partial charge in [0.05, 0.1) is 6.04 Å². The maximum Gasteiger partial charge on any atom is 0.290 e. The Balaban J connectivity index is 1.71. The van der Waals surface area contributed by atoms with Crippen LogP contribution in [0, 0.1) is 0 Å². The number of likely N-dealkylation sites (tertiary alicyclic amines) is 1. The van der Waals surface area contributed by atoms with E-state index in [1.54, 1.807) is 4.90 Å². The van der Waals surface area contributed by atoms with Gasteiger partial charge in [-0.25, -0.2) is 5.10 Å². The Morgan fingerprint density at radius 1 is 1.29 bits per heavy atom. The number of tetrazole rings is 1. The molecule has 1 saturated heterocycles. The highest BCUT2D eigenvalue weighted by Gasteiger charge is 2.35. The number of ketones is 1. The molecular weight excluding hydrogens is 270 g/mol. The molecule has 1 atom stereocenters. The zero-order valence-corrected chi connectivity index (χ0v) is 11.4. The second-order valence-electron chi connectivity index (χ2n) is 5.03. The van der Waals surface area contributed by atoms with E-state index in [4.69, 9.17) is 0 Å². The van der Waals surface area contributed by atoms with E-state index in [1.807, 2.05) is 30.3 Å². The Morgan fingerprint density at radius 2 is 2.10 bits per heavy atom. The van der Waals surface area contributed by atoms with Crippen molar-refractivity contribution in [2.24, 2.45) is 0 Å². The van der Waals surface area contributed by atoms with Gasteiger partial charge in [-0.05, 0) is 28.8 Å². The number of aromatic amines is 1. The van der Waals surface area contributed by atoms with Crippen molar-refractivity contribution in [3.8, 4) is 0 Å². The van der Waals surface area contributed by atoms with Crippen LogP contribution in [0.1, 0.15) is 30.3 Å². The molecule has 1 N–H and O–H groups in total. The summed E-state index contributed by atoms with van der Waals surface area (Å²) < 4.78 is 0. The lowest BCUT2D eigenvalue weighted by atomic mass is 10.1. The number of nitrogens with zero attached hydrogens (tertiary/aromatic N) is 4. The minimum Gasteiger partial charge on any atom is -0.326 e. The number of benzene rings is 1. The van der Waals surface area contributed by atoms with Gasteiger partial charge in [0.15, 0.2) is 5.82 Å². The number of carbonyl (C=O) groups is 2. The molecule has 0 radical (unpaired) electrons. The van der Waals surface area contributed by atoms with E-state index in [0.29, 0.717) is 12.4 Å². The molecule has 1 aliphatic rings. The maximum absolute atomic E-state index is 12.3. The van der Waals surface area contributed by atoms with Gasteiger partial charge in [-0.2, -0.15) is 0 Å². The fraction of sp³-hybridized carbons (Fsp3) is 0.357. The molecule has 0 bridgehead atoms. The average Bonchev–Trinajstić information content (AvgIpc) is 3.18. The van der Waals surface area contributed by atoms with Crippen LogP contribution >= 0.6 is 0 Å². The number of rotatable bonds is 4. The summed E-state index contributed by atoms with van der Waals surface area (Å²) in [6.45, 7) is 0.560. The van der Waals surface area contributed by atoms with Gasteiger partial charge in [0, 0.05) is 13.0 Å². The van der Waals surface area contributed by atoms with Gasteiger partial charge in [0.1, 0.15) is 0 Å². The van der Waals surface area contributed by atoms with Crippen LogP contribution in [-0.4, -0.2) is 43.8 Å². The summed E-state index contributed by atoms with van der Waals surface area (Å²) in [6, 6.07) is 9.04. The fourth-order valence-corrected chi connectivity index (χ4v) is 2.62. The minimum absolute atomic E-state index is 0.123. The molecule has 108 valence electrons. The van der Waals surface area contributed by atoms with Crippen molar-refractivity contribution in [2.75, 3.05) is 6.54 Å². The van der Waals surface area contributed by atoms with E-state index in [2.05, 4.69) is 20.6 Å². The highest BCUT2D eigenvalue weighted by atomic mass is 16.2. The van der Waals surface area contributed by atoms with Gasteiger partial charge >= 0.3 is 0 Å². The van der Waals surface area contributed by atoms with Crippen LogP contribution in [0.3, 0.4) is 0 Å². The molecule has 1 unspecified atom stereocenters. The van der Waals surface area contributed by atoms with Gasteiger partial charge in [-0.15, -0.1) is 5.10 Å². The van der Waals surface area contributed by atoms with Crippen LogP contribution in [-0.2, 0) is 16.0 Å². The largest absolute Gasteiger partial charge is 0.326 e. The molecular formula is C14H15N5O2. The summed E-state index contributed by atoms with van der Waals surface area (Å²) >= 11 is 0. The SMILES string of the molecule is O=C(Cc1ccccc1)C(=O)N1CCCC1c1nnn[nH]1. The van der Waals surface area contributed by atoms with Crippen LogP contribution in [0.4, 0.5) is 0 Å². The third kappa shape index (κ3) is 2.81. The van der Waals surface area contributed by atoms with E-state index in [9.17, 15) is 9.59 Å². The molecule has 2 heterocycles. The molecule has 3 rings (SSSR count). The van der Waals surface area contributed by atoms with E-state index in [0.717, 1.165) is 18.4 Å². The summed E-state index contributed by atoms with van der Waals surface area (Å²) in [5.41, 5.74) is 0.841. The summed E-state index contributed by atoms with van der Waals surface area (Å²) in [6.07, 6.45) is 1.73. The molecule has 0 saturated carbocycles. The average molecular weight is 285 g/mol. The maximum atomic E-state index is 12.3. The third-order valence-electron chi connectivity index (χ3n) is 3.64. The number of hydrogen-bond acceptors (Lipinski definition) is 5. The lowest BCUT2D eigenvalue weighted by molar-refractivity contribution is -0.145. The summed E-state index contributed by atoms with van der Waals surface area (Å²) in [5.74, 6) is -0.327. The molecule has 1 aliphatic heterocycles. The zero-order chi connectivity index (χ0) is 14.7. The number of aromatic nitrogens is 4. The van der Waals surface area contributed by atoms with Crippen LogP contribution < -0.4 is 0 Å². The zero-order valence-electron chi connectivity index (χ0n) is 11.4. The predicted octanol–water partition coefficient (Wildman–Crippen LogP) is 0.675. The van der Waals surface area contributed by atoms with Crippen molar-refractivity contribution in [1.82, 2.24) is 25.5 Å². The molecule has 0 aliphatic carbocycles. The predicted molar refractivity (Wildman–Crippen MR) is 73.0 cm³/mol. The molecule has 2 aromatic rings. The Morgan fingerprint density at radius 3 is 2.81 bits per heavy atom. The van der Waals surface area contributed by atoms with Crippen molar-refractivity contribution in [3.63, 3.8) is 0 Å². The number of carbonyl (C=O) groups excluding carboxylic acids is 2. The van der Waals surface area contributed by atoms with E-state index in [1.165, 1.54) is 0 Å². The van der Waals surface area contributed by atoms with Crippen molar-refractivity contribution in [2.45, 2.75) is 25.3 Å². The first-order valence-electron chi connectivity index (χ1n) is 6.87. The minimum atomic E-state index is -0.460. The normalized spacial score (nSPS) is 17.9. The highest BCUT2D eigenvalue weighted by molar-refractivity contribution is 6.36. The first-order valence-corrected chi connectivity index (χ1v) is 6.87. The van der Waals surface area contributed by atoms with Crippen molar-refractivity contribution < 1.29 is 9.59 Å². The molecule has 7 nitrogen and oxygen atoms in total. The van der Waals surface area contributed by atoms with Crippen LogP contribution in [0.5, 0.6) is 0 Å². The Labute approximate surface area is 121 Å². The van der Waals surface area contributed by atoms with Gasteiger partial charge in [0.25, 0.3) is 5.91 Å². The van der Waals surface area contributed by atoms with E-state index < -0.39 is 11.7 Å². The Bertz CT molecular complexity index is 626. The number of hydrogen-bond donors (Lipinski definition) is 1. The summed E-state index contributed by atoms with van der Waals surface area (Å²) in [7, 11) is 0. The van der Waals surface area contributed by atoms with Crippen molar-refractivity contribution >= 4 is 11.7 Å². The van der Waals surface area contributed by atoms with E-state index >= 15 is 0 Å². The fourth-order valence-electron chi connectivity index (χ4n) is 2.62. The highest BCUT2D eigenvalue weighted by Crippen LogP contribution is 2.29. The second kappa shape index (κ2) is 5.82. The van der Waals surface area contributed by atoms with Crippen molar-refractivity contribution in [1.29, 1.82) is 0 Å². The van der Waals surface area contributed by atoms with Crippen molar-refractivity contribution in [3.05, 3.63) is 41.7 Å². The molecule has 1 aromatic carbocycles. The van der Waals surface area contributed by atoms with Gasteiger partial charge < -0.3 is 4.90 Å². The summed E-state index contributed by atoms with van der Waals surface area (Å²) in [4.78, 5) is 26.1. The smallest absolute Gasteiger partial charge is 0.290 e. The van der Waals surface area contributed by atoms with Crippen LogP contribution in [0.2, 0.25) is 0 Å². The van der Waals surface area contributed by atoms with Gasteiger partial charge in [-0.3, -0.25) is 9.59 Å². The standard InChI is InChI=1S/C14H15N5O2/c20-12(9-10-5-2-1-3-6-10)14(21)19-8-4-7-11(19)13-15-17-18-16-13/h1-3,5-6,11H,4,7-9H2,(H,15,16,17,18). The summed E-state index contributed by atoms with van der Waals surface area (Å²) in [5, 5.41) is 13.6. The lowest BCUT2D eigenvalue weighted by Crippen LogP contribution is -2.37. The molecule has 21 heavy (non-hydrogen) atoms. The molecule has 1 fully saturated rings. The van der Waals surface area contributed by atoms with Gasteiger partial charge in [0.2, 0.25) is 5.78 Å². The second-order valence-corrected chi connectivity index (χ2v) is 5.03. The molecule has 7 heteroatoms. The van der Waals surface area contributed by atoms with Crippen LogP contribution in [0.25, 0.3) is 0 Å². The molecule has 1 amide bonds. The first-order chi connectivity index (χ1) is 10.3. The quantitative estimate of drug-likeness (QED) is 0.834. The van der Waals surface area contributed by atoms with Crippen LogP contribution in [0.15, 0.2) is 30.3 Å². The first kappa shape index (κ1) is 13.4. The third-order valence-corrected chi connectivity index (χ3v) is 3.64. The number of H-pyrrole nitrogens is 1. The topological polar surface area (TPSA) is 91.8 Å². The number of amides is 1. The lowest BCUT2D eigenvalue weighted by Gasteiger charge is -2.21. The molecule has 0 spiro atoms. The Kier molecular flexibility index (Phi) is 3.72. The Hall–Kier alpha value is -2.57. The number of Topliss-reactive ketones (excluding diaryl/α,β-unsaturated/α-hetero) is 1. The monoisotopic (exact) mass is 285 g/mol. The van der Waals surface area contributed by atoms with Gasteiger partial charge in [-0.1, -0.05) is 30.3 Å². The van der Waals surface area contributed by atoms with E-state index in [-0.39, 0.29) is 12.5 Å².